The predicted octanol–water partition coefficient (Wildman–Crippen LogP) is -0.735. The summed E-state index contributed by atoms with van der Waals surface area (Å²) < 4.78 is 42.3. The molecule has 0 aromatic rings. The Balaban J connectivity index is -0.000000247. The molecule has 4 nitrogen and oxygen atoms in total. The molecule has 0 spiro atoms. The first-order valence-electron chi connectivity index (χ1n) is 6.03. The molecule has 0 aliphatic carbocycles. The zero-order chi connectivity index (χ0) is 16.1. The van der Waals surface area contributed by atoms with Gasteiger partial charge in [-0.05, 0) is 41.3 Å². The fourth-order valence-electron chi connectivity index (χ4n) is 1.14. The van der Waals surface area contributed by atoms with E-state index >= 15 is 0 Å². The molecule has 1 aliphatic rings. The summed E-state index contributed by atoms with van der Waals surface area (Å²) in [5.41, 5.74) is -0.321. The van der Waals surface area contributed by atoms with E-state index in [9.17, 15) is 12.9 Å². The largest absolute Gasteiger partial charge is 1.00 e. The van der Waals surface area contributed by atoms with Gasteiger partial charge < -0.3 is 32.3 Å². The Morgan fingerprint density at radius 1 is 1.00 bits per heavy atom. The van der Waals surface area contributed by atoms with Gasteiger partial charge in [0.15, 0.2) is 0 Å². The molecule has 1 heterocycles. The minimum absolute atomic E-state index is 0. The molecule has 2 N–H and O–H groups in total. The third-order valence-corrected chi connectivity index (χ3v) is 2.37. The van der Waals surface area contributed by atoms with Gasteiger partial charge in [0, 0.05) is 0 Å². The molecule has 0 saturated carbocycles. The Labute approximate surface area is 162 Å². The molecule has 0 amide bonds. The summed E-state index contributed by atoms with van der Waals surface area (Å²) in [7, 11) is -1.23. The predicted molar refractivity (Wildman–Crippen MR) is 72.9 cm³/mol. The molecule has 114 valence electrons. The molecule has 11 heteroatoms. The zero-order valence-corrected chi connectivity index (χ0v) is 16.7. The summed E-state index contributed by atoms with van der Waals surface area (Å²) in [4.78, 5) is 0. The smallest absolute Gasteiger partial charge is 0.449 e. The number of hydrogen-bond donors (Lipinski definition) is 2. The normalized spacial score (nSPS) is 18.9. The van der Waals surface area contributed by atoms with Gasteiger partial charge in [-0.25, -0.2) is 0 Å². The topological polar surface area (TPSA) is 58.9 Å². The molecular formula is C9H23B3F3KO4. The first-order valence-corrected chi connectivity index (χ1v) is 6.03. The van der Waals surface area contributed by atoms with Gasteiger partial charge in [-0.2, -0.15) is 0 Å². The van der Waals surface area contributed by atoms with Gasteiger partial charge in [-0.15, -0.1) is 0 Å². The van der Waals surface area contributed by atoms with Crippen LogP contribution in [0.3, 0.4) is 0 Å². The van der Waals surface area contributed by atoms with E-state index in [0.29, 0.717) is 0 Å². The Bertz CT molecular complexity index is 241. The van der Waals surface area contributed by atoms with Crippen molar-refractivity contribution in [3.63, 3.8) is 0 Å². The molecule has 0 aromatic heterocycles. The van der Waals surface area contributed by atoms with Crippen molar-refractivity contribution in [2.24, 2.45) is 0 Å². The van der Waals surface area contributed by atoms with E-state index in [-0.39, 0.29) is 76.5 Å². The van der Waals surface area contributed by atoms with E-state index in [4.69, 9.17) is 19.4 Å². The number of halogens is 3. The summed E-state index contributed by atoms with van der Waals surface area (Å²) in [6.07, 6.45) is 0. The SMILES string of the molecule is CB(O)O.CB1OC(C)(C)C(C)(C)O1.C[B-](F)(F)F.[K+]. The Morgan fingerprint density at radius 3 is 1.20 bits per heavy atom. The maximum absolute atomic E-state index is 10.4. The van der Waals surface area contributed by atoms with Crippen molar-refractivity contribution < 1.29 is 83.7 Å². The third-order valence-electron chi connectivity index (χ3n) is 2.37. The van der Waals surface area contributed by atoms with Crippen molar-refractivity contribution in [2.75, 3.05) is 0 Å². The summed E-state index contributed by atoms with van der Waals surface area (Å²) in [5, 5.41) is 15.2. The molecule has 1 rings (SSSR count). The minimum atomic E-state index is -4.50. The fourth-order valence-corrected chi connectivity index (χ4v) is 1.14. The average Bonchev–Trinajstić information content (AvgIpc) is 2.11. The molecule has 0 atom stereocenters. The first-order chi connectivity index (χ1) is 8.08. The Hall–Kier alpha value is 1.46. The van der Waals surface area contributed by atoms with Gasteiger partial charge in [0.1, 0.15) is 0 Å². The van der Waals surface area contributed by atoms with Crippen molar-refractivity contribution in [1.82, 2.24) is 0 Å². The quantitative estimate of drug-likeness (QED) is 0.577. The van der Waals surface area contributed by atoms with Gasteiger partial charge in [0.2, 0.25) is 0 Å². The summed E-state index contributed by atoms with van der Waals surface area (Å²) >= 11 is 0. The van der Waals surface area contributed by atoms with Crippen molar-refractivity contribution in [3.05, 3.63) is 0 Å². The molecule has 0 unspecified atom stereocenters. The summed E-state index contributed by atoms with van der Waals surface area (Å²) in [5.74, 6) is 0. The van der Waals surface area contributed by atoms with E-state index in [0.717, 1.165) is 0 Å². The second kappa shape index (κ2) is 10.3. The monoisotopic (exact) mass is 324 g/mol. The minimum Gasteiger partial charge on any atom is -0.449 e. The van der Waals surface area contributed by atoms with E-state index in [1.54, 1.807) is 0 Å². The molecule has 0 bridgehead atoms. The molecule has 20 heavy (non-hydrogen) atoms. The van der Waals surface area contributed by atoms with Crippen LogP contribution in [0.4, 0.5) is 12.9 Å². The first kappa shape index (κ1) is 26.4. The van der Waals surface area contributed by atoms with E-state index in [2.05, 4.69) is 27.7 Å². The van der Waals surface area contributed by atoms with Gasteiger partial charge in [0.05, 0.1) is 11.2 Å². The zero-order valence-electron chi connectivity index (χ0n) is 13.6. The molecule has 1 fully saturated rings. The fraction of sp³-hybridized carbons (Fsp3) is 1.00. The molecule has 1 saturated heterocycles. The van der Waals surface area contributed by atoms with Crippen LogP contribution >= 0.6 is 0 Å². The van der Waals surface area contributed by atoms with Crippen LogP contribution < -0.4 is 51.4 Å². The average molecular weight is 324 g/mol. The second-order valence-electron chi connectivity index (χ2n) is 5.36. The molecular weight excluding hydrogens is 301 g/mol. The van der Waals surface area contributed by atoms with Crippen LogP contribution in [0.1, 0.15) is 27.7 Å². The van der Waals surface area contributed by atoms with Gasteiger partial charge >= 0.3 is 72.6 Å². The van der Waals surface area contributed by atoms with Crippen LogP contribution in [0.15, 0.2) is 0 Å². The Morgan fingerprint density at radius 2 is 1.15 bits per heavy atom. The molecule has 0 radical (unpaired) electrons. The van der Waals surface area contributed by atoms with E-state index < -0.39 is 14.1 Å². The van der Waals surface area contributed by atoms with Crippen LogP contribution in [0.5, 0.6) is 0 Å². The van der Waals surface area contributed by atoms with Crippen LogP contribution in [0.2, 0.25) is 20.5 Å². The summed E-state index contributed by atoms with van der Waals surface area (Å²) in [6.45, 7) is 7.16. The maximum atomic E-state index is 10.4. The van der Waals surface area contributed by atoms with Crippen molar-refractivity contribution in [1.29, 1.82) is 0 Å². The van der Waals surface area contributed by atoms with Crippen molar-refractivity contribution in [3.8, 4) is 0 Å². The van der Waals surface area contributed by atoms with E-state index in [1.807, 2.05) is 6.82 Å². The number of rotatable bonds is 0. The van der Waals surface area contributed by atoms with Crippen LogP contribution in [0, 0.1) is 0 Å². The van der Waals surface area contributed by atoms with Crippen LogP contribution in [-0.2, 0) is 9.31 Å². The van der Waals surface area contributed by atoms with Gasteiger partial charge in [0.25, 0.3) is 0 Å². The van der Waals surface area contributed by atoms with E-state index in [1.165, 1.54) is 6.82 Å². The molecule has 1 aliphatic heterocycles. The Kier molecular flexibility index (Phi) is 13.5. The van der Waals surface area contributed by atoms with Crippen LogP contribution in [-0.4, -0.2) is 42.5 Å². The summed E-state index contributed by atoms with van der Waals surface area (Å²) in [6, 6.07) is 0. The second-order valence-corrected chi connectivity index (χ2v) is 5.36. The maximum Gasteiger partial charge on any atom is 1.00 e. The number of hydrogen-bond acceptors (Lipinski definition) is 4. The van der Waals surface area contributed by atoms with Gasteiger partial charge in [-0.1, -0.05) is 6.82 Å². The van der Waals surface area contributed by atoms with Gasteiger partial charge in [-0.3, -0.25) is 0 Å². The third kappa shape index (κ3) is 15.8. The van der Waals surface area contributed by atoms with Crippen molar-refractivity contribution >= 4 is 21.2 Å². The molecule has 0 aromatic carbocycles. The van der Waals surface area contributed by atoms with Crippen molar-refractivity contribution in [2.45, 2.75) is 59.4 Å². The standard InChI is InChI=1S/C7H15BO2.CH3BF3.CH5BO2.K/c1-6(2)7(3,4)10-8(5)9-6;1-2(3,4)5;1-2(3)4;/h1-5H3;1H3;3-4H,1H3;/q;-1;;+1. The van der Waals surface area contributed by atoms with Crippen LogP contribution in [0.25, 0.3) is 0 Å².